The predicted octanol–water partition coefficient (Wildman–Crippen LogP) is 3.00. The molecule has 2 aromatic rings. The summed E-state index contributed by atoms with van der Waals surface area (Å²) < 4.78 is 29.0. The molecule has 0 spiro atoms. The molecule has 0 atom stereocenters. The summed E-state index contributed by atoms with van der Waals surface area (Å²) >= 11 is 0. The number of fused-ring (bicyclic) bond motifs is 1. The van der Waals surface area contributed by atoms with Gasteiger partial charge in [-0.3, -0.25) is 0 Å². The molecule has 10 heteroatoms. The van der Waals surface area contributed by atoms with Gasteiger partial charge in [0.05, 0.1) is 11.0 Å². The van der Waals surface area contributed by atoms with Gasteiger partial charge < -0.3 is 19.9 Å². The lowest BCUT2D eigenvalue weighted by atomic mass is 10.1. The van der Waals surface area contributed by atoms with Crippen LogP contribution in [-0.2, 0) is 21.0 Å². The van der Waals surface area contributed by atoms with E-state index in [-0.39, 0.29) is 18.2 Å². The molecule has 1 fully saturated rings. The van der Waals surface area contributed by atoms with Crippen LogP contribution in [0.3, 0.4) is 0 Å². The number of aromatic nitrogens is 2. The molecule has 1 aromatic heterocycles. The molecule has 9 nitrogen and oxygen atoms in total. The lowest BCUT2D eigenvalue weighted by Gasteiger charge is -2.32. The second-order valence-corrected chi connectivity index (χ2v) is 10.6. The summed E-state index contributed by atoms with van der Waals surface area (Å²) in [5.41, 5.74) is 1.97. The summed E-state index contributed by atoms with van der Waals surface area (Å²) in [7, 11) is -3.23. The minimum atomic E-state index is -3.23. The first-order valence-electron chi connectivity index (χ1n) is 10.9. The number of piperidine rings is 1. The number of hydrogen-bond donors (Lipinski definition) is 1. The van der Waals surface area contributed by atoms with E-state index in [1.165, 1.54) is 12.6 Å². The van der Waals surface area contributed by atoms with Crippen molar-refractivity contribution in [3.05, 3.63) is 36.2 Å². The Morgan fingerprint density at radius 1 is 1.16 bits per heavy atom. The summed E-state index contributed by atoms with van der Waals surface area (Å²) in [6, 6.07) is 7.37. The molecule has 1 amide bonds. The number of hydrogen-bond acceptors (Lipinski definition) is 8. The second kappa shape index (κ2) is 8.93. The molecule has 4 rings (SSSR count). The fraction of sp³-hybridized carbons (Fsp3) is 0.500. The maximum atomic E-state index is 12.1. The molecule has 0 saturated carbocycles. The molecule has 0 bridgehead atoms. The van der Waals surface area contributed by atoms with Gasteiger partial charge in [-0.25, -0.2) is 23.2 Å². The average Bonchev–Trinajstić information content (AvgIpc) is 3.17. The van der Waals surface area contributed by atoms with Gasteiger partial charge in [0.25, 0.3) is 0 Å². The third-order valence-corrected chi connectivity index (χ3v) is 6.86. The van der Waals surface area contributed by atoms with E-state index in [1.807, 2.05) is 26.0 Å². The third-order valence-electron chi connectivity index (χ3n) is 5.75. The van der Waals surface area contributed by atoms with Crippen LogP contribution in [0.2, 0.25) is 0 Å². The Hall–Kier alpha value is -2.88. The van der Waals surface area contributed by atoms with Crippen molar-refractivity contribution >= 4 is 33.3 Å². The quantitative estimate of drug-likeness (QED) is 0.728. The van der Waals surface area contributed by atoms with Gasteiger partial charge in [-0.15, -0.1) is 0 Å². The smallest absolute Gasteiger partial charge is 0.410 e. The number of carbonyl (C=O) groups excluding carboxylic acids is 1. The van der Waals surface area contributed by atoms with Gasteiger partial charge in [0, 0.05) is 43.7 Å². The van der Waals surface area contributed by atoms with Crippen LogP contribution in [-0.4, -0.2) is 67.4 Å². The van der Waals surface area contributed by atoms with Gasteiger partial charge in [-0.2, -0.15) is 0 Å². The molecule has 32 heavy (non-hydrogen) atoms. The summed E-state index contributed by atoms with van der Waals surface area (Å²) in [4.78, 5) is 25.0. The fourth-order valence-corrected chi connectivity index (χ4v) is 4.78. The van der Waals surface area contributed by atoms with Crippen LogP contribution in [0.1, 0.15) is 32.3 Å². The Kier molecular flexibility index (Phi) is 6.23. The minimum Gasteiger partial charge on any atom is -0.447 e. The van der Waals surface area contributed by atoms with Crippen molar-refractivity contribution in [1.82, 2.24) is 14.9 Å². The first-order valence-corrected chi connectivity index (χ1v) is 12.7. The molecule has 172 valence electrons. The van der Waals surface area contributed by atoms with Gasteiger partial charge in [-0.1, -0.05) is 0 Å². The summed E-state index contributed by atoms with van der Waals surface area (Å²) in [5.74, 6) is 1.51. The number of ether oxygens (including phenoxy) is 1. The highest BCUT2D eigenvalue weighted by atomic mass is 32.2. The molecule has 0 radical (unpaired) electrons. The Balaban J connectivity index is 1.41. The number of likely N-dealkylation sites (tertiary alicyclic amines) is 1. The van der Waals surface area contributed by atoms with Crippen LogP contribution >= 0.6 is 0 Å². The summed E-state index contributed by atoms with van der Waals surface area (Å²) in [5, 5.41) is 3.46. The summed E-state index contributed by atoms with van der Waals surface area (Å²) in [6.07, 6.45) is 4.77. The van der Waals surface area contributed by atoms with Crippen LogP contribution < -0.4 is 10.2 Å². The minimum absolute atomic E-state index is 0.119. The second-order valence-electron chi connectivity index (χ2n) is 8.56. The van der Waals surface area contributed by atoms with Crippen LogP contribution in [0.4, 0.5) is 22.1 Å². The van der Waals surface area contributed by atoms with E-state index in [0.717, 1.165) is 48.7 Å². The Bertz CT molecular complexity index is 1100. The number of nitrogens with zero attached hydrogens (tertiary/aromatic N) is 4. The van der Waals surface area contributed by atoms with Gasteiger partial charge >= 0.3 is 6.09 Å². The number of carbonyl (C=O) groups is 1. The van der Waals surface area contributed by atoms with E-state index in [4.69, 9.17) is 4.74 Å². The normalized spacial score (nSPS) is 16.9. The van der Waals surface area contributed by atoms with Crippen LogP contribution in [0, 0.1) is 0 Å². The maximum absolute atomic E-state index is 12.1. The maximum Gasteiger partial charge on any atom is 0.410 e. The van der Waals surface area contributed by atoms with Crippen molar-refractivity contribution in [2.45, 2.75) is 50.2 Å². The van der Waals surface area contributed by atoms with Crippen molar-refractivity contribution in [2.24, 2.45) is 0 Å². The Labute approximate surface area is 188 Å². The fourth-order valence-electron chi connectivity index (χ4n) is 4.11. The zero-order valence-corrected chi connectivity index (χ0v) is 19.4. The number of amides is 1. The van der Waals surface area contributed by atoms with Crippen LogP contribution in [0.5, 0.6) is 0 Å². The topological polar surface area (TPSA) is 105 Å². The van der Waals surface area contributed by atoms with Crippen molar-refractivity contribution < 1.29 is 17.9 Å². The number of anilines is 3. The molecular formula is C22H29N5O4S. The lowest BCUT2D eigenvalue weighted by Crippen LogP contribution is -2.43. The molecule has 0 unspecified atom stereocenters. The molecule has 1 aromatic carbocycles. The van der Waals surface area contributed by atoms with Gasteiger partial charge in [0.15, 0.2) is 9.84 Å². The van der Waals surface area contributed by atoms with E-state index in [9.17, 15) is 13.2 Å². The molecule has 2 aliphatic rings. The van der Waals surface area contributed by atoms with Crippen molar-refractivity contribution in [3.8, 4) is 0 Å². The standard InChI is InChI=1S/C22H29N5O4S/c1-15(2)31-22(28)26-9-7-17(8-10-26)25-20-13-21(24-14-23-20)27-11-6-16-12-18(32(3,29)30)4-5-19(16)27/h4-5,12-15,17H,6-11H2,1-3H3,(H,23,24,25). The lowest BCUT2D eigenvalue weighted by molar-refractivity contribution is 0.0701. The highest BCUT2D eigenvalue weighted by molar-refractivity contribution is 7.90. The molecule has 1 saturated heterocycles. The van der Waals surface area contributed by atoms with E-state index in [1.54, 1.807) is 17.0 Å². The first-order chi connectivity index (χ1) is 15.2. The zero-order chi connectivity index (χ0) is 22.9. The molecule has 1 N–H and O–H groups in total. The zero-order valence-electron chi connectivity index (χ0n) is 18.6. The largest absolute Gasteiger partial charge is 0.447 e. The Morgan fingerprint density at radius 3 is 2.59 bits per heavy atom. The van der Waals surface area contributed by atoms with Crippen molar-refractivity contribution in [1.29, 1.82) is 0 Å². The number of sulfone groups is 1. The van der Waals surface area contributed by atoms with E-state index in [2.05, 4.69) is 20.2 Å². The summed E-state index contributed by atoms with van der Waals surface area (Å²) in [6.45, 7) is 5.71. The first kappa shape index (κ1) is 22.3. The van der Waals surface area contributed by atoms with Crippen LogP contribution in [0.15, 0.2) is 35.5 Å². The monoisotopic (exact) mass is 459 g/mol. The highest BCUT2D eigenvalue weighted by Gasteiger charge is 2.26. The SMILES string of the molecule is CC(C)OC(=O)N1CCC(Nc2cc(N3CCc4cc(S(C)(=O)=O)ccc43)ncn2)CC1. The number of benzene rings is 1. The molecule has 3 heterocycles. The van der Waals surface area contributed by atoms with E-state index < -0.39 is 9.84 Å². The van der Waals surface area contributed by atoms with Crippen molar-refractivity contribution in [3.63, 3.8) is 0 Å². The highest BCUT2D eigenvalue weighted by Crippen LogP contribution is 2.35. The number of nitrogens with one attached hydrogen (secondary N) is 1. The molecule has 0 aliphatic carbocycles. The predicted molar refractivity (Wildman–Crippen MR) is 122 cm³/mol. The molecular weight excluding hydrogens is 430 g/mol. The molecule has 2 aliphatic heterocycles. The van der Waals surface area contributed by atoms with E-state index >= 15 is 0 Å². The number of rotatable bonds is 5. The van der Waals surface area contributed by atoms with Crippen LogP contribution in [0.25, 0.3) is 0 Å². The van der Waals surface area contributed by atoms with Gasteiger partial charge in [0.1, 0.15) is 18.0 Å². The van der Waals surface area contributed by atoms with Crippen molar-refractivity contribution in [2.75, 3.05) is 36.1 Å². The third kappa shape index (κ3) is 4.95. The van der Waals surface area contributed by atoms with Gasteiger partial charge in [0.2, 0.25) is 0 Å². The van der Waals surface area contributed by atoms with Gasteiger partial charge in [-0.05, 0) is 56.9 Å². The Morgan fingerprint density at radius 2 is 1.91 bits per heavy atom. The average molecular weight is 460 g/mol. The van der Waals surface area contributed by atoms with E-state index in [0.29, 0.717) is 18.0 Å².